The molecule has 1 aromatic heterocycles. The number of aromatic nitrogens is 1. The third-order valence-electron chi connectivity index (χ3n) is 4.67. The monoisotopic (exact) mass is 438 g/mol. The summed E-state index contributed by atoms with van der Waals surface area (Å²) in [5, 5.41) is 1.82. The van der Waals surface area contributed by atoms with E-state index in [1.54, 1.807) is 5.38 Å². The number of anilines is 2. The minimum Gasteiger partial charge on any atom is -0.459 e. The van der Waals surface area contributed by atoms with Crippen LogP contribution in [0.25, 0.3) is 6.08 Å². The van der Waals surface area contributed by atoms with Crippen LogP contribution >= 0.6 is 11.3 Å². The van der Waals surface area contributed by atoms with Crippen LogP contribution in [0.15, 0.2) is 35.7 Å². The average Bonchev–Trinajstić information content (AvgIpc) is 3.15. The van der Waals surface area contributed by atoms with Crippen molar-refractivity contribution in [3.05, 3.63) is 47.0 Å². The molecule has 0 saturated heterocycles. The summed E-state index contributed by atoms with van der Waals surface area (Å²) < 4.78 is 44.4. The van der Waals surface area contributed by atoms with Gasteiger partial charge in [-0.25, -0.2) is 9.78 Å². The molecule has 0 bridgehead atoms. The quantitative estimate of drug-likeness (QED) is 0.442. The number of thiazole rings is 1. The standard InChI is InChI=1S/C21H21F3N2O3S/c1-14(27)26(17-7-5-6-15(12-17)21(22,23)24)20-25-16(13-30-20)10-11-19(28)29-18-8-3-2-4-9-18/h5-7,10-13,18H,2-4,8-9H2,1H3/b11-10+. The lowest BCUT2D eigenvalue weighted by Crippen LogP contribution is -2.23. The van der Waals surface area contributed by atoms with Crippen molar-refractivity contribution >= 4 is 40.1 Å². The summed E-state index contributed by atoms with van der Waals surface area (Å²) >= 11 is 1.09. The van der Waals surface area contributed by atoms with E-state index in [-0.39, 0.29) is 16.9 Å². The minimum atomic E-state index is -4.52. The third-order valence-corrected chi connectivity index (χ3v) is 5.52. The summed E-state index contributed by atoms with van der Waals surface area (Å²) in [5.74, 6) is -0.936. The molecule has 0 unspecified atom stereocenters. The number of benzene rings is 1. The van der Waals surface area contributed by atoms with Gasteiger partial charge in [-0.05, 0) is 50.0 Å². The second-order valence-corrected chi connectivity index (χ2v) is 7.82. The van der Waals surface area contributed by atoms with Gasteiger partial charge in [0.1, 0.15) is 6.10 Å². The number of esters is 1. The van der Waals surface area contributed by atoms with Gasteiger partial charge in [0, 0.05) is 18.4 Å². The first-order valence-electron chi connectivity index (χ1n) is 9.56. The second-order valence-electron chi connectivity index (χ2n) is 6.99. The van der Waals surface area contributed by atoms with Crippen LogP contribution in [0.3, 0.4) is 0 Å². The van der Waals surface area contributed by atoms with E-state index >= 15 is 0 Å². The van der Waals surface area contributed by atoms with Crippen molar-refractivity contribution in [2.24, 2.45) is 0 Å². The van der Waals surface area contributed by atoms with Crippen molar-refractivity contribution in [1.29, 1.82) is 0 Å². The summed E-state index contributed by atoms with van der Waals surface area (Å²) in [5.41, 5.74) is -0.374. The Bertz CT molecular complexity index is 934. The van der Waals surface area contributed by atoms with Gasteiger partial charge in [-0.15, -0.1) is 11.3 Å². The van der Waals surface area contributed by atoms with Gasteiger partial charge in [0.2, 0.25) is 5.91 Å². The van der Waals surface area contributed by atoms with Crippen LogP contribution < -0.4 is 4.90 Å². The zero-order valence-corrected chi connectivity index (χ0v) is 17.1. The van der Waals surface area contributed by atoms with Crippen molar-refractivity contribution < 1.29 is 27.5 Å². The highest BCUT2D eigenvalue weighted by Crippen LogP contribution is 2.35. The molecule has 0 radical (unpaired) electrons. The molecule has 1 aromatic carbocycles. The molecule has 0 atom stereocenters. The fourth-order valence-electron chi connectivity index (χ4n) is 3.24. The van der Waals surface area contributed by atoms with Gasteiger partial charge in [0.05, 0.1) is 16.9 Å². The molecule has 0 aliphatic heterocycles. The lowest BCUT2D eigenvalue weighted by atomic mass is 9.98. The molecular weight excluding hydrogens is 417 g/mol. The summed E-state index contributed by atoms with van der Waals surface area (Å²) in [6, 6.07) is 4.49. The molecule has 0 N–H and O–H groups in total. The van der Waals surface area contributed by atoms with Gasteiger partial charge < -0.3 is 4.74 Å². The van der Waals surface area contributed by atoms with E-state index in [4.69, 9.17) is 4.74 Å². The summed E-state index contributed by atoms with van der Waals surface area (Å²) in [6.45, 7) is 1.25. The molecule has 1 aliphatic rings. The number of nitrogens with zero attached hydrogens (tertiary/aromatic N) is 2. The lowest BCUT2D eigenvalue weighted by Gasteiger charge is -2.20. The highest BCUT2D eigenvalue weighted by Gasteiger charge is 2.31. The maximum Gasteiger partial charge on any atom is 0.416 e. The van der Waals surface area contributed by atoms with E-state index in [2.05, 4.69) is 4.98 Å². The summed E-state index contributed by atoms with van der Waals surface area (Å²) in [7, 11) is 0. The zero-order chi connectivity index (χ0) is 21.7. The molecular formula is C21H21F3N2O3S. The fourth-order valence-corrected chi connectivity index (χ4v) is 4.10. The van der Waals surface area contributed by atoms with Crippen LogP contribution in [0.5, 0.6) is 0 Å². The number of alkyl halides is 3. The molecule has 5 nitrogen and oxygen atoms in total. The largest absolute Gasteiger partial charge is 0.459 e. The number of rotatable bonds is 5. The molecule has 30 heavy (non-hydrogen) atoms. The molecule has 1 fully saturated rings. The number of ether oxygens (including phenoxy) is 1. The Morgan fingerprint density at radius 3 is 2.63 bits per heavy atom. The van der Waals surface area contributed by atoms with Crippen LogP contribution in [-0.2, 0) is 20.5 Å². The number of hydrogen-bond acceptors (Lipinski definition) is 5. The number of amides is 1. The Kier molecular flexibility index (Phi) is 6.91. The fraction of sp³-hybridized carbons (Fsp3) is 0.381. The van der Waals surface area contributed by atoms with Crippen molar-refractivity contribution in [1.82, 2.24) is 4.98 Å². The SMILES string of the molecule is CC(=O)N(c1cccc(C(F)(F)F)c1)c1nc(/C=C/C(=O)OC2CCCCC2)cs1. The third kappa shape index (κ3) is 5.69. The van der Waals surface area contributed by atoms with Crippen LogP contribution in [0.4, 0.5) is 24.0 Å². The van der Waals surface area contributed by atoms with Crippen molar-refractivity contribution in [3.8, 4) is 0 Å². The predicted molar refractivity (Wildman–Crippen MR) is 108 cm³/mol. The van der Waals surface area contributed by atoms with Gasteiger partial charge in [-0.1, -0.05) is 12.5 Å². The van der Waals surface area contributed by atoms with Gasteiger partial charge in [0.15, 0.2) is 5.13 Å². The first kappa shape index (κ1) is 22.0. The van der Waals surface area contributed by atoms with Crippen LogP contribution in [-0.4, -0.2) is 23.0 Å². The Labute approximate surface area is 176 Å². The number of hydrogen-bond donors (Lipinski definition) is 0. The van der Waals surface area contributed by atoms with E-state index in [9.17, 15) is 22.8 Å². The minimum absolute atomic E-state index is 0.0593. The summed E-state index contributed by atoms with van der Waals surface area (Å²) in [6.07, 6.45) is 3.15. The van der Waals surface area contributed by atoms with Gasteiger partial charge >= 0.3 is 12.1 Å². The molecule has 3 rings (SSSR count). The first-order chi connectivity index (χ1) is 14.2. The van der Waals surface area contributed by atoms with Gasteiger partial charge in [0.25, 0.3) is 0 Å². The average molecular weight is 438 g/mol. The Morgan fingerprint density at radius 1 is 1.23 bits per heavy atom. The van der Waals surface area contributed by atoms with Crippen LogP contribution in [0.2, 0.25) is 0 Å². The zero-order valence-electron chi connectivity index (χ0n) is 16.3. The van der Waals surface area contributed by atoms with E-state index in [0.29, 0.717) is 5.69 Å². The Balaban J connectivity index is 1.74. The number of carbonyl (C=O) groups is 2. The van der Waals surface area contributed by atoms with Gasteiger partial charge in [-0.2, -0.15) is 13.2 Å². The van der Waals surface area contributed by atoms with Gasteiger partial charge in [-0.3, -0.25) is 9.69 Å². The predicted octanol–water partition coefficient (Wildman–Crippen LogP) is 5.74. The van der Waals surface area contributed by atoms with E-state index in [0.717, 1.165) is 60.5 Å². The van der Waals surface area contributed by atoms with Crippen molar-refractivity contribution in [2.45, 2.75) is 51.3 Å². The molecule has 2 aromatic rings. The molecule has 1 aliphatic carbocycles. The molecule has 1 heterocycles. The van der Waals surface area contributed by atoms with E-state index < -0.39 is 23.6 Å². The normalized spacial score (nSPS) is 15.3. The Morgan fingerprint density at radius 2 is 1.97 bits per heavy atom. The molecule has 0 spiro atoms. The van der Waals surface area contributed by atoms with E-state index in [1.165, 1.54) is 31.2 Å². The highest BCUT2D eigenvalue weighted by atomic mass is 32.1. The highest BCUT2D eigenvalue weighted by molar-refractivity contribution is 7.14. The molecule has 160 valence electrons. The number of halogens is 3. The maximum absolute atomic E-state index is 13.0. The van der Waals surface area contributed by atoms with Crippen LogP contribution in [0.1, 0.15) is 50.3 Å². The van der Waals surface area contributed by atoms with Crippen LogP contribution in [0, 0.1) is 0 Å². The molecule has 1 amide bonds. The molecule has 9 heteroatoms. The van der Waals surface area contributed by atoms with Crippen molar-refractivity contribution in [2.75, 3.05) is 4.90 Å². The topological polar surface area (TPSA) is 59.5 Å². The van der Waals surface area contributed by atoms with Crippen molar-refractivity contribution in [3.63, 3.8) is 0 Å². The smallest absolute Gasteiger partial charge is 0.416 e. The first-order valence-corrected chi connectivity index (χ1v) is 10.4. The molecule has 1 saturated carbocycles. The maximum atomic E-state index is 13.0. The van der Waals surface area contributed by atoms with E-state index in [1.807, 2.05) is 0 Å². The second kappa shape index (κ2) is 9.42. The Hall–Kier alpha value is -2.68. The lowest BCUT2D eigenvalue weighted by molar-refractivity contribution is -0.144. The number of carbonyl (C=O) groups excluding carboxylic acids is 2. The summed E-state index contributed by atoms with van der Waals surface area (Å²) in [4.78, 5) is 29.5.